The van der Waals surface area contributed by atoms with E-state index in [1.165, 1.54) is 12.8 Å². The fourth-order valence-corrected chi connectivity index (χ4v) is 2.25. The molecule has 1 unspecified atom stereocenters. The molecule has 5 nitrogen and oxygen atoms in total. The third kappa shape index (κ3) is 1.61. The van der Waals surface area contributed by atoms with Crippen LogP contribution in [-0.2, 0) is 4.74 Å². The summed E-state index contributed by atoms with van der Waals surface area (Å²) in [6.07, 6.45) is 4.69. The zero-order valence-corrected chi connectivity index (χ0v) is 8.72. The van der Waals surface area contributed by atoms with Crippen LogP contribution in [0, 0.1) is 0 Å². The summed E-state index contributed by atoms with van der Waals surface area (Å²) in [5, 5.41) is 8.15. The highest BCUT2D eigenvalue weighted by molar-refractivity contribution is 5.38. The second kappa shape index (κ2) is 3.48. The first-order valence-corrected chi connectivity index (χ1v) is 5.64. The van der Waals surface area contributed by atoms with Gasteiger partial charge in [0.2, 0.25) is 0 Å². The molecule has 1 aliphatic carbocycles. The van der Waals surface area contributed by atoms with Crippen LogP contribution in [0.15, 0.2) is 0 Å². The lowest BCUT2D eigenvalue weighted by Crippen LogP contribution is -2.23. The second-order valence-electron chi connectivity index (χ2n) is 4.45. The largest absolute Gasteiger partial charge is 0.381 e. The van der Waals surface area contributed by atoms with Crippen molar-refractivity contribution in [1.29, 1.82) is 0 Å². The molecule has 0 bridgehead atoms. The quantitative estimate of drug-likeness (QED) is 0.790. The Kier molecular flexibility index (Phi) is 2.12. The van der Waals surface area contributed by atoms with Crippen LogP contribution in [0.5, 0.6) is 0 Å². The van der Waals surface area contributed by atoms with Gasteiger partial charge < -0.3 is 10.5 Å². The molecule has 5 heteroatoms. The van der Waals surface area contributed by atoms with Gasteiger partial charge in [0, 0.05) is 12.5 Å². The highest BCUT2D eigenvalue weighted by Gasteiger charge is 2.33. The Bertz CT molecular complexity index is 352. The number of hydrogen-bond donors (Lipinski definition) is 1. The van der Waals surface area contributed by atoms with E-state index in [4.69, 9.17) is 10.5 Å². The summed E-state index contributed by atoms with van der Waals surface area (Å²) in [5.74, 6) is 1.21. The second-order valence-corrected chi connectivity index (χ2v) is 4.45. The molecule has 2 heterocycles. The number of hydrogen-bond acceptors (Lipinski definition) is 4. The fraction of sp³-hybridized carbons (Fsp3) is 0.800. The lowest BCUT2D eigenvalue weighted by atomic mass is 10.1. The van der Waals surface area contributed by atoms with Gasteiger partial charge in [0.05, 0.1) is 18.3 Å². The number of nitrogens with zero attached hydrogens (tertiary/aromatic N) is 3. The summed E-state index contributed by atoms with van der Waals surface area (Å²) in [5.41, 5.74) is 7.00. The van der Waals surface area contributed by atoms with Crippen molar-refractivity contribution in [2.75, 3.05) is 18.9 Å². The Morgan fingerprint density at radius 3 is 2.87 bits per heavy atom. The van der Waals surface area contributed by atoms with Crippen LogP contribution in [0.3, 0.4) is 0 Å². The van der Waals surface area contributed by atoms with Gasteiger partial charge in [-0.1, -0.05) is 5.21 Å². The van der Waals surface area contributed by atoms with E-state index in [2.05, 4.69) is 10.3 Å². The van der Waals surface area contributed by atoms with Gasteiger partial charge in [0.25, 0.3) is 0 Å². The molecule has 3 rings (SSSR count). The fourth-order valence-electron chi connectivity index (χ4n) is 2.25. The predicted molar refractivity (Wildman–Crippen MR) is 55.5 cm³/mol. The minimum atomic E-state index is 0.346. The van der Waals surface area contributed by atoms with Gasteiger partial charge >= 0.3 is 0 Å². The molecule has 82 valence electrons. The van der Waals surface area contributed by atoms with Crippen molar-refractivity contribution >= 4 is 5.82 Å². The molecule has 1 aromatic heterocycles. The van der Waals surface area contributed by atoms with E-state index in [9.17, 15) is 0 Å². The zero-order chi connectivity index (χ0) is 10.3. The summed E-state index contributed by atoms with van der Waals surface area (Å²) < 4.78 is 7.48. The first-order valence-electron chi connectivity index (χ1n) is 5.64. The van der Waals surface area contributed by atoms with E-state index in [1.807, 2.05) is 4.68 Å². The van der Waals surface area contributed by atoms with Crippen LogP contribution >= 0.6 is 0 Å². The Morgan fingerprint density at radius 1 is 1.33 bits per heavy atom. The number of rotatable bonds is 2. The summed E-state index contributed by atoms with van der Waals surface area (Å²) in [6, 6.07) is 0.346. The Hall–Kier alpha value is -1.10. The number of nitrogens with two attached hydrogens (primary N) is 1. The smallest absolute Gasteiger partial charge is 0.169 e. The third-order valence-corrected chi connectivity index (χ3v) is 3.20. The third-order valence-electron chi connectivity index (χ3n) is 3.20. The van der Waals surface area contributed by atoms with Gasteiger partial charge in [0.15, 0.2) is 5.82 Å². The van der Waals surface area contributed by atoms with E-state index < -0.39 is 0 Å². The highest BCUT2D eigenvalue weighted by atomic mass is 16.5. The maximum absolute atomic E-state index is 5.85. The lowest BCUT2D eigenvalue weighted by molar-refractivity contribution is 0.0532. The Labute approximate surface area is 88.6 Å². The van der Waals surface area contributed by atoms with Crippen molar-refractivity contribution in [3.8, 4) is 0 Å². The number of nitrogen functional groups attached to an aromatic ring is 1. The predicted octanol–water partition coefficient (Wildman–Crippen LogP) is 1.09. The Balaban J connectivity index is 1.89. The maximum atomic E-state index is 5.85. The van der Waals surface area contributed by atoms with Crippen LogP contribution in [0.4, 0.5) is 5.82 Å². The standard InChI is InChI=1S/C10H16N4O/c11-10-9(7-3-4-7)14(13-12-10)8-2-1-5-15-6-8/h7-8H,1-6,11H2. The van der Waals surface area contributed by atoms with E-state index in [0.29, 0.717) is 17.8 Å². The van der Waals surface area contributed by atoms with Crippen LogP contribution < -0.4 is 5.73 Å². The first-order chi connectivity index (χ1) is 7.36. The molecule has 0 radical (unpaired) electrons. The highest BCUT2D eigenvalue weighted by Crippen LogP contribution is 2.43. The number of aromatic nitrogens is 3. The zero-order valence-electron chi connectivity index (χ0n) is 8.72. The summed E-state index contributed by atoms with van der Waals surface area (Å²) in [4.78, 5) is 0. The van der Waals surface area contributed by atoms with Gasteiger partial charge in [-0.15, -0.1) is 5.10 Å². The molecule has 1 atom stereocenters. The van der Waals surface area contributed by atoms with Crippen LogP contribution in [0.1, 0.15) is 43.3 Å². The summed E-state index contributed by atoms with van der Waals surface area (Å²) in [6.45, 7) is 1.63. The van der Waals surface area contributed by atoms with Gasteiger partial charge in [-0.25, -0.2) is 4.68 Å². The molecule has 1 aliphatic heterocycles. The minimum absolute atomic E-state index is 0.346. The number of ether oxygens (including phenoxy) is 1. The van der Waals surface area contributed by atoms with Gasteiger partial charge in [-0.3, -0.25) is 0 Å². The maximum Gasteiger partial charge on any atom is 0.169 e. The molecular weight excluding hydrogens is 192 g/mol. The lowest BCUT2D eigenvalue weighted by Gasteiger charge is -2.23. The average molecular weight is 208 g/mol. The van der Waals surface area contributed by atoms with Crippen LogP contribution in [-0.4, -0.2) is 28.2 Å². The first kappa shape index (κ1) is 9.15. The molecule has 1 aromatic rings. The molecule has 15 heavy (non-hydrogen) atoms. The summed E-state index contributed by atoms with van der Waals surface area (Å²) >= 11 is 0. The average Bonchev–Trinajstić information content (AvgIpc) is 3.03. The van der Waals surface area contributed by atoms with Crippen molar-refractivity contribution in [1.82, 2.24) is 15.0 Å². The van der Waals surface area contributed by atoms with Crippen LogP contribution in [0.25, 0.3) is 0 Å². The SMILES string of the molecule is Nc1nnn(C2CCCOC2)c1C1CC1. The molecule has 2 N–H and O–H groups in total. The molecule has 1 saturated carbocycles. The molecule has 0 amide bonds. The van der Waals surface area contributed by atoms with Gasteiger partial charge in [-0.2, -0.15) is 0 Å². The number of anilines is 1. The van der Waals surface area contributed by atoms with E-state index in [0.717, 1.165) is 31.7 Å². The van der Waals surface area contributed by atoms with E-state index in [-0.39, 0.29) is 0 Å². The Morgan fingerprint density at radius 2 is 2.20 bits per heavy atom. The molecule has 0 spiro atoms. The monoisotopic (exact) mass is 208 g/mol. The molecular formula is C10H16N4O. The van der Waals surface area contributed by atoms with Crippen molar-refractivity contribution < 1.29 is 4.74 Å². The van der Waals surface area contributed by atoms with Crippen molar-refractivity contribution in [3.05, 3.63) is 5.69 Å². The van der Waals surface area contributed by atoms with Crippen molar-refractivity contribution in [2.45, 2.75) is 37.6 Å². The minimum Gasteiger partial charge on any atom is -0.381 e. The topological polar surface area (TPSA) is 66.0 Å². The van der Waals surface area contributed by atoms with Gasteiger partial charge in [0.1, 0.15) is 0 Å². The molecule has 0 aromatic carbocycles. The molecule has 2 fully saturated rings. The summed E-state index contributed by atoms with van der Waals surface area (Å²) in [7, 11) is 0. The van der Waals surface area contributed by atoms with Crippen molar-refractivity contribution in [2.24, 2.45) is 0 Å². The molecule has 2 aliphatic rings. The normalized spacial score (nSPS) is 26.8. The van der Waals surface area contributed by atoms with Crippen LogP contribution in [0.2, 0.25) is 0 Å². The van der Waals surface area contributed by atoms with E-state index in [1.54, 1.807) is 0 Å². The van der Waals surface area contributed by atoms with E-state index >= 15 is 0 Å². The van der Waals surface area contributed by atoms with Crippen molar-refractivity contribution in [3.63, 3.8) is 0 Å². The molecule has 1 saturated heterocycles. The van der Waals surface area contributed by atoms with Gasteiger partial charge in [-0.05, 0) is 25.7 Å².